The Morgan fingerprint density at radius 3 is 2.62 bits per heavy atom. The van der Waals surface area contributed by atoms with Crippen LogP contribution in [0, 0.1) is 0 Å². The number of aromatic amines is 2. The lowest BCUT2D eigenvalue weighted by Crippen LogP contribution is -2.31. The molecule has 0 saturated heterocycles. The molecule has 1 aliphatic rings. The first-order valence-electron chi connectivity index (χ1n) is 10.2. The number of aliphatic carboxylic acids is 1. The first kappa shape index (κ1) is 22.8. The van der Waals surface area contributed by atoms with Crippen LogP contribution >= 0.6 is 0 Å². The smallest absolute Gasteiger partial charge is 0.475 e. The Bertz CT molecular complexity index is 1390. The average molecular weight is 468 g/mol. The predicted molar refractivity (Wildman–Crippen MR) is 121 cm³/mol. The van der Waals surface area contributed by atoms with Gasteiger partial charge in [-0.2, -0.15) is 13.2 Å². The maximum absolute atomic E-state index is 12.0. The van der Waals surface area contributed by atoms with Gasteiger partial charge in [0.25, 0.3) is 5.91 Å². The Hall–Kier alpha value is -4.34. The van der Waals surface area contributed by atoms with Gasteiger partial charge < -0.3 is 20.4 Å². The number of nitrogens with zero attached hydrogens (tertiary/aromatic N) is 1. The van der Waals surface area contributed by atoms with Crippen LogP contribution < -0.4 is 5.32 Å². The van der Waals surface area contributed by atoms with Gasteiger partial charge >= 0.3 is 12.1 Å². The molecule has 0 saturated carbocycles. The molecule has 1 aromatic carbocycles. The van der Waals surface area contributed by atoms with Crippen molar-refractivity contribution in [1.82, 2.24) is 20.3 Å². The molecule has 34 heavy (non-hydrogen) atoms. The van der Waals surface area contributed by atoms with Gasteiger partial charge in [0.15, 0.2) is 0 Å². The molecule has 0 bridgehead atoms. The maximum Gasteiger partial charge on any atom is 0.490 e. The van der Waals surface area contributed by atoms with Crippen LogP contribution in [0.5, 0.6) is 0 Å². The van der Waals surface area contributed by atoms with Crippen LogP contribution in [-0.4, -0.2) is 44.7 Å². The second-order valence-electron chi connectivity index (χ2n) is 7.51. The maximum atomic E-state index is 12.0. The van der Waals surface area contributed by atoms with Crippen LogP contribution in [0.15, 0.2) is 54.9 Å². The molecule has 10 heteroatoms. The van der Waals surface area contributed by atoms with E-state index in [0.717, 1.165) is 45.7 Å². The number of carbonyl (C=O) groups excluding carboxylic acids is 1. The summed E-state index contributed by atoms with van der Waals surface area (Å²) in [5.41, 5.74) is 6.84. The number of hydrogen-bond acceptors (Lipinski definition) is 3. The van der Waals surface area contributed by atoms with Crippen molar-refractivity contribution < 1.29 is 27.9 Å². The Labute approximate surface area is 191 Å². The quantitative estimate of drug-likeness (QED) is 0.351. The van der Waals surface area contributed by atoms with E-state index in [1.165, 1.54) is 5.39 Å². The zero-order chi connectivity index (χ0) is 24.3. The Morgan fingerprint density at radius 1 is 1.09 bits per heavy atom. The van der Waals surface area contributed by atoms with E-state index in [1.54, 1.807) is 6.20 Å². The Kier molecular flexibility index (Phi) is 6.22. The van der Waals surface area contributed by atoms with Gasteiger partial charge in [-0.05, 0) is 53.4 Å². The summed E-state index contributed by atoms with van der Waals surface area (Å²) in [6, 6.07) is 14.3. The van der Waals surface area contributed by atoms with Crippen LogP contribution in [0.3, 0.4) is 0 Å². The van der Waals surface area contributed by atoms with E-state index in [2.05, 4.69) is 50.6 Å². The first-order valence-corrected chi connectivity index (χ1v) is 10.2. The van der Waals surface area contributed by atoms with Gasteiger partial charge in [0.2, 0.25) is 0 Å². The number of fused-ring (bicyclic) bond motifs is 2. The number of carbonyl (C=O) groups is 2. The van der Waals surface area contributed by atoms with Crippen molar-refractivity contribution in [3.8, 4) is 11.3 Å². The molecule has 0 radical (unpaired) electrons. The molecule has 3 aromatic heterocycles. The average Bonchev–Trinajstić information content (AvgIpc) is 3.45. The summed E-state index contributed by atoms with van der Waals surface area (Å²) in [5, 5.41) is 11.2. The van der Waals surface area contributed by atoms with Crippen LogP contribution in [-0.2, 0) is 11.2 Å². The number of amides is 1. The standard InChI is InChI=1S/C22H18N4O.C2HF3O2/c27-22-18-13-21(26-20(18)7-10-25-22)16-5-8-23-17(12-16)3-1-14-2-4-19-15(11-14)6-9-24-19;3-2(4,5)1(6)7/h1-6,8-9,11-13,24,26H,7,10H2,(H,25,27);(H,6,7)/b3-1+;. The summed E-state index contributed by atoms with van der Waals surface area (Å²) in [6.07, 6.45) is 3.56. The monoisotopic (exact) mass is 468 g/mol. The van der Waals surface area contributed by atoms with E-state index in [0.29, 0.717) is 6.54 Å². The topological polar surface area (TPSA) is 111 Å². The summed E-state index contributed by atoms with van der Waals surface area (Å²) in [4.78, 5) is 31.9. The van der Waals surface area contributed by atoms with Crippen LogP contribution in [0.25, 0.3) is 34.3 Å². The number of alkyl halides is 3. The minimum absolute atomic E-state index is 0.00641. The number of H-pyrrole nitrogens is 2. The zero-order valence-electron chi connectivity index (χ0n) is 17.6. The summed E-state index contributed by atoms with van der Waals surface area (Å²) in [6.45, 7) is 0.682. The molecule has 4 heterocycles. The van der Waals surface area contributed by atoms with Crippen LogP contribution in [0.4, 0.5) is 13.2 Å². The molecule has 1 aliphatic heterocycles. The van der Waals surface area contributed by atoms with Crippen molar-refractivity contribution in [2.24, 2.45) is 0 Å². The number of benzene rings is 1. The summed E-state index contributed by atoms with van der Waals surface area (Å²) >= 11 is 0. The lowest BCUT2D eigenvalue weighted by Gasteiger charge is -2.10. The number of rotatable bonds is 3. The minimum atomic E-state index is -5.08. The molecule has 4 aromatic rings. The van der Waals surface area contributed by atoms with Gasteiger partial charge in [0, 0.05) is 47.8 Å². The van der Waals surface area contributed by atoms with Crippen molar-refractivity contribution in [2.75, 3.05) is 6.54 Å². The third kappa shape index (κ3) is 5.17. The van der Waals surface area contributed by atoms with E-state index < -0.39 is 12.1 Å². The van der Waals surface area contributed by atoms with E-state index >= 15 is 0 Å². The van der Waals surface area contributed by atoms with Crippen LogP contribution in [0.2, 0.25) is 0 Å². The Balaban J connectivity index is 0.000000344. The van der Waals surface area contributed by atoms with E-state index in [4.69, 9.17) is 9.90 Å². The van der Waals surface area contributed by atoms with Crippen molar-refractivity contribution >= 4 is 34.9 Å². The second kappa shape index (κ2) is 9.26. The fourth-order valence-corrected chi connectivity index (χ4v) is 3.51. The number of nitrogens with one attached hydrogen (secondary N) is 3. The molecule has 0 spiro atoms. The third-order valence-electron chi connectivity index (χ3n) is 5.16. The number of carboxylic acids is 1. The van der Waals surface area contributed by atoms with Crippen LogP contribution in [0.1, 0.15) is 27.3 Å². The molecule has 174 valence electrons. The molecule has 4 N–H and O–H groups in total. The molecule has 1 amide bonds. The molecular weight excluding hydrogens is 449 g/mol. The van der Waals surface area contributed by atoms with E-state index in [1.807, 2.05) is 30.5 Å². The lowest BCUT2D eigenvalue weighted by atomic mass is 10.1. The van der Waals surface area contributed by atoms with Crippen molar-refractivity contribution in [3.63, 3.8) is 0 Å². The number of aromatic nitrogens is 3. The molecule has 0 fully saturated rings. The molecule has 5 rings (SSSR count). The lowest BCUT2D eigenvalue weighted by molar-refractivity contribution is -0.192. The highest BCUT2D eigenvalue weighted by atomic mass is 19.4. The van der Waals surface area contributed by atoms with Crippen molar-refractivity contribution in [1.29, 1.82) is 0 Å². The summed E-state index contributed by atoms with van der Waals surface area (Å²) in [5.74, 6) is -2.76. The van der Waals surface area contributed by atoms with E-state index in [9.17, 15) is 18.0 Å². The van der Waals surface area contributed by atoms with Gasteiger partial charge in [0.1, 0.15) is 0 Å². The highest BCUT2D eigenvalue weighted by Crippen LogP contribution is 2.25. The van der Waals surface area contributed by atoms with Gasteiger partial charge in [0.05, 0.1) is 11.3 Å². The minimum Gasteiger partial charge on any atom is -0.475 e. The second-order valence-corrected chi connectivity index (χ2v) is 7.51. The Morgan fingerprint density at radius 2 is 1.88 bits per heavy atom. The fourth-order valence-electron chi connectivity index (χ4n) is 3.51. The third-order valence-corrected chi connectivity index (χ3v) is 5.16. The van der Waals surface area contributed by atoms with E-state index in [-0.39, 0.29) is 5.91 Å². The van der Waals surface area contributed by atoms with Crippen molar-refractivity contribution in [2.45, 2.75) is 12.6 Å². The van der Waals surface area contributed by atoms with Crippen molar-refractivity contribution in [3.05, 3.63) is 77.4 Å². The largest absolute Gasteiger partial charge is 0.490 e. The highest BCUT2D eigenvalue weighted by Gasteiger charge is 2.38. The molecule has 0 atom stereocenters. The highest BCUT2D eigenvalue weighted by molar-refractivity contribution is 5.97. The number of halogens is 3. The number of hydrogen-bond donors (Lipinski definition) is 4. The SMILES string of the molecule is O=C(O)C(F)(F)F.O=C1NCCc2[nH]c(-c3ccnc(/C=C/c4ccc5[nH]ccc5c4)c3)cc21. The predicted octanol–water partition coefficient (Wildman–Crippen LogP) is 4.65. The molecule has 0 unspecified atom stereocenters. The van der Waals surface area contributed by atoms with Gasteiger partial charge in [-0.15, -0.1) is 0 Å². The zero-order valence-corrected chi connectivity index (χ0v) is 17.6. The van der Waals surface area contributed by atoms with Gasteiger partial charge in [-0.3, -0.25) is 9.78 Å². The molecule has 7 nitrogen and oxygen atoms in total. The fraction of sp³-hybridized carbons (Fsp3) is 0.125. The number of pyridine rings is 1. The summed E-state index contributed by atoms with van der Waals surface area (Å²) in [7, 11) is 0. The normalized spacial score (nSPS) is 13.3. The summed E-state index contributed by atoms with van der Waals surface area (Å²) < 4.78 is 31.7. The first-order chi connectivity index (χ1) is 16.2. The molecule has 0 aliphatic carbocycles. The van der Waals surface area contributed by atoms with Gasteiger partial charge in [-0.1, -0.05) is 12.1 Å². The molecular formula is C24H19F3N4O3. The van der Waals surface area contributed by atoms with Gasteiger partial charge in [-0.25, -0.2) is 4.79 Å². The number of carboxylic acid groups (broad SMARTS) is 1.